The highest BCUT2D eigenvalue weighted by Crippen LogP contribution is 2.18. The van der Waals surface area contributed by atoms with Crippen molar-refractivity contribution in [3.63, 3.8) is 0 Å². The quantitative estimate of drug-likeness (QED) is 0.819. The Morgan fingerprint density at radius 3 is 2.76 bits per heavy atom. The third-order valence-corrected chi connectivity index (χ3v) is 5.70. The Balaban J connectivity index is 2.20. The minimum atomic E-state index is -3.61. The first-order valence-electron chi connectivity index (χ1n) is 6.43. The Hall–Kier alpha value is -1.51. The van der Waals surface area contributed by atoms with Crippen LogP contribution >= 0.6 is 0 Å². The highest BCUT2D eigenvalue weighted by atomic mass is 32.2. The second kappa shape index (κ2) is 6.50. The van der Waals surface area contributed by atoms with Crippen LogP contribution in [-0.4, -0.2) is 35.7 Å². The SMILES string of the molecule is CCS(=O)CCNS(=O)(=O)c1ccc2nc(N)ccc2c1. The van der Waals surface area contributed by atoms with Gasteiger partial charge >= 0.3 is 0 Å². The molecule has 0 fully saturated rings. The summed E-state index contributed by atoms with van der Waals surface area (Å²) >= 11 is 0. The fraction of sp³-hybridized carbons (Fsp3) is 0.308. The number of hydrogen-bond donors (Lipinski definition) is 2. The van der Waals surface area contributed by atoms with Gasteiger partial charge in [-0.25, -0.2) is 18.1 Å². The lowest BCUT2D eigenvalue weighted by atomic mass is 10.2. The first kappa shape index (κ1) is 15.9. The first-order chi connectivity index (χ1) is 9.92. The maximum atomic E-state index is 12.2. The molecule has 1 atom stereocenters. The molecule has 2 rings (SSSR count). The van der Waals surface area contributed by atoms with Gasteiger partial charge in [-0.2, -0.15) is 0 Å². The number of hydrogen-bond acceptors (Lipinski definition) is 5. The zero-order valence-corrected chi connectivity index (χ0v) is 13.2. The van der Waals surface area contributed by atoms with Crippen LogP contribution in [0.4, 0.5) is 5.82 Å². The molecular weight excluding hydrogens is 310 g/mol. The average molecular weight is 327 g/mol. The van der Waals surface area contributed by atoms with Gasteiger partial charge in [0.25, 0.3) is 0 Å². The van der Waals surface area contributed by atoms with Gasteiger partial charge in [0.1, 0.15) is 5.82 Å². The van der Waals surface area contributed by atoms with E-state index < -0.39 is 20.8 Å². The maximum absolute atomic E-state index is 12.2. The summed E-state index contributed by atoms with van der Waals surface area (Å²) in [6.07, 6.45) is 0. The van der Waals surface area contributed by atoms with Gasteiger partial charge in [-0.1, -0.05) is 6.92 Å². The van der Waals surface area contributed by atoms with Crippen molar-refractivity contribution in [2.24, 2.45) is 0 Å². The van der Waals surface area contributed by atoms with E-state index in [1.54, 1.807) is 31.2 Å². The topological polar surface area (TPSA) is 102 Å². The molecule has 0 saturated heterocycles. The lowest BCUT2D eigenvalue weighted by molar-refractivity contribution is 0.584. The second-order valence-corrected chi connectivity index (χ2v) is 8.05. The molecule has 0 spiro atoms. The molecule has 0 aliphatic carbocycles. The van der Waals surface area contributed by atoms with Gasteiger partial charge in [-0.05, 0) is 30.3 Å². The molecule has 8 heteroatoms. The Bertz CT molecular complexity index is 775. The summed E-state index contributed by atoms with van der Waals surface area (Å²) in [7, 11) is -4.60. The second-order valence-electron chi connectivity index (χ2n) is 4.42. The van der Waals surface area contributed by atoms with E-state index in [2.05, 4.69) is 9.71 Å². The third-order valence-electron chi connectivity index (χ3n) is 2.94. The van der Waals surface area contributed by atoms with Gasteiger partial charge in [0.05, 0.1) is 10.4 Å². The predicted molar refractivity (Wildman–Crippen MR) is 84.9 cm³/mol. The van der Waals surface area contributed by atoms with Crippen molar-refractivity contribution < 1.29 is 12.6 Å². The minimum Gasteiger partial charge on any atom is -0.384 e. The van der Waals surface area contributed by atoms with Crippen molar-refractivity contribution >= 4 is 37.5 Å². The molecule has 1 aromatic carbocycles. The van der Waals surface area contributed by atoms with Crippen molar-refractivity contribution in [2.75, 3.05) is 23.8 Å². The van der Waals surface area contributed by atoms with Crippen LogP contribution in [0.1, 0.15) is 6.92 Å². The third kappa shape index (κ3) is 3.99. The highest BCUT2D eigenvalue weighted by molar-refractivity contribution is 7.89. The summed E-state index contributed by atoms with van der Waals surface area (Å²) in [6, 6.07) is 7.98. The van der Waals surface area contributed by atoms with Crippen LogP contribution in [0.15, 0.2) is 35.2 Å². The molecule has 21 heavy (non-hydrogen) atoms. The van der Waals surface area contributed by atoms with Crippen LogP contribution in [0, 0.1) is 0 Å². The number of fused-ring (bicyclic) bond motifs is 1. The van der Waals surface area contributed by atoms with E-state index in [9.17, 15) is 12.6 Å². The molecule has 0 aliphatic rings. The molecule has 2 aromatic rings. The Morgan fingerprint density at radius 2 is 2.05 bits per heavy atom. The predicted octanol–water partition coefficient (Wildman–Crippen LogP) is 0.864. The Morgan fingerprint density at radius 1 is 1.29 bits per heavy atom. The average Bonchev–Trinajstić information content (AvgIpc) is 2.46. The van der Waals surface area contributed by atoms with E-state index in [0.717, 1.165) is 0 Å². The van der Waals surface area contributed by atoms with E-state index in [4.69, 9.17) is 5.73 Å². The first-order valence-corrected chi connectivity index (χ1v) is 9.40. The van der Waals surface area contributed by atoms with Crippen molar-refractivity contribution in [2.45, 2.75) is 11.8 Å². The van der Waals surface area contributed by atoms with Crippen molar-refractivity contribution in [1.82, 2.24) is 9.71 Å². The van der Waals surface area contributed by atoms with Crippen LogP contribution in [0.2, 0.25) is 0 Å². The highest BCUT2D eigenvalue weighted by Gasteiger charge is 2.14. The zero-order valence-electron chi connectivity index (χ0n) is 11.6. The van der Waals surface area contributed by atoms with E-state index >= 15 is 0 Å². The summed E-state index contributed by atoms with van der Waals surface area (Å²) in [4.78, 5) is 4.27. The summed E-state index contributed by atoms with van der Waals surface area (Å²) < 4.78 is 38.1. The number of nitrogens with two attached hydrogens (primary N) is 1. The molecule has 1 heterocycles. The number of aromatic nitrogens is 1. The summed E-state index contributed by atoms with van der Waals surface area (Å²) in [6.45, 7) is 1.95. The molecular formula is C13H17N3O3S2. The largest absolute Gasteiger partial charge is 0.384 e. The fourth-order valence-corrected chi connectivity index (χ4v) is 3.62. The minimum absolute atomic E-state index is 0.154. The van der Waals surface area contributed by atoms with Gasteiger partial charge in [-0.3, -0.25) is 4.21 Å². The number of pyridine rings is 1. The normalized spacial score (nSPS) is 13.4. The monoisotopic (exact) mass is 327 g/mol. The van der Waals surface area contributed by atoms with Crippen molar-refractivity contribution in [3.05, 3.63) is 30.3 Å². The summed E-state index contributed by atoms with van der Waals surface area (Å²) in [5.41, 5.74) is 6.22. The van der Waals surface area contributed by atoms with E-state index in [0.29, 0.717) is 28.2 Å². The van der Waals surface area contributed by atoms with Gasteiger partial charge in [0.15, 0.2) is 0 Å². The Labute approximate surface area is 126 Å². The number of benzene rings is 1. The van der Waals surface area contributed by atoms with E-state index in [1.807, 2.05) is 0 Å². The van der Waals surface area contributed by atoms with Gasteiger partial charge in [0.2, 0.25) is 10.0 Å². The molecule has 3 N–H and O–H groups in total. The van der Waals surface area contributed by atoms with Crippen LogP contribution in [0.25, 0.3) is 10.9 Å². The molecule has 0 aliphatic heterocycles. The lowest BCUT2D eigenvalue weighted by Crippen LogP contribution is -2.28. The molecule has 1 aromatic heterocycles. The maximum Gasteiger partial charge on any atom is 0.240 e. The van der Waals surface area contributed by atoms with Crippen molar-refractivity contribution in [1.29, 1.82) is 0 Å². The molecule has 6 nitrogen and oxygen atoms in total. The van der Waals surface area contributed by atoms with Crippen LogP contribution < -0.4 is 10.5 Å². The van der Waals surface area contributed by atoms with Crippen LogP contribution in [0.3, 0.4) is 0 Å². The van der Waals surface area contributed by atoms with Crippen LogP contribution in [-0.2, 0) is 20.8 Å². The number of nitrogens with zero attached hydrogens (tertiary/aromatic N) is 1. The fourth-order valence-electron chi connectivity index (χ4n) is 1.80. The van der Waals surface area contributed by atoms with E-state index in [-0.39, 0.29) is 11.4 Å². The molecule has 0 bridgehead atoms. The van der Waals surface area contributed by atoms with Gasteiger partial charge < -0.3 is 5.73 Å². The summed E-state index contributed by atoms with van der Waals surface area (Å²) in [5, 5.41) is 0.698. The lowest BCUT2D eigenvalue weighted by Gasteiger charge is -2.07. The summed E-state index contributed by atoms with van der Waals surface area (Å²) in [5.74, 6) is 1.21. The number of nitrogens with one attached hydrogen (secondary N) is 1. The molecule has 114 valence electrons. The van der Waals surface area contributed by atoms with Gasteiger partial charge in [0, 0.05) is 34.2 Å². The molecule has 0 saturated carbocycles. The Kier molecular flexibility index (Phi) is 4.92. The smallest absolute Gasteiger partial charge is 0.240 e. The standard InChI is InChI=1S/C13H17N3O3S2/c1-2-20(17)8-7-15-21(18,19)11-4-5-12-10(9-11)3-6-13(14)16-12/h3-6,9,15H,2,7-8H2,1H3,(H2,14,16). The number of anilines is 1. The van der Waals surface area contributed by atoms with Crippen molar-refractivity contribution in [3.8, 4) is 0 Å². The van der Waals surface area contributed by atoms with Crippen LogP contribution in [0.5, 0.6) is 0 Å². The van der Waals surface area contributed by atoms with E-state index in [1.165, 1.54) is 6.07 Å². The zero-order chi connectivity index (χ0) is 15.5. The number of sulfonamides is 1. The molecule has 0 radical (unpaired) electrons. The van der Waals surface area contributed by atoms with Gasteiger partial charge in [-0.15, -0.1) is 0 Å². The molecule has 1 unspecified atom stereocenters. The number of nitrogen functional groups attached to an aromatic ring is 1. The number of rotatable bonds is 6. The molecule has 0 amide bonds.